The van der Waals surface area contributed by atoms with Crippen molar-refractivity contribution in [3.8, 4) is 0 Å². The molecule has 0 aliphatic rings. The van der Waals surface area contributed by atoms with Crippen molar-refractivity contribution in [3.63, 3.8) is 0 Å². The lowest BCUT2D eigenvalue weighted by Gasteiger charge is -2.16. The van der Waals surface area contributed by atoms with Crippen LogP contribution in [0.4, 0.5) is 5.69 Å². The summed E-state index contributed by atoms with van der Waals surface area (Å²) in [7, 11) is 0. The van der Waals surface area contributed by atoms with Gasteiger partial charge in [-0.3, -0.25) is 9.79 Å². The molecule has 0 spiro atoms. The fraction of sp³-hybridized carbons (Fsp3) is 0.0833. The van der Waals surface area contributed by atoms with Crippen LogP contribution >= 0.6 is 23.2 Å². The van der Waals surface area contributed by atoms with Gasteiger partial charge in [-0.25, -0.2) is 0 Å². The second-order valence-corrected chi connectivity index (χ2v) is 7.43. The monoisotopic (exact) mass is 438 g/mol. The van der Waals surface area contributed by atoms with E-state index < -0.39 is 5.91 Å². The molecule has 0 bridgehead atoms. The third-order valence-electron chi connectivity index (χ3n) is 4.45. The van der Waals surface area contributed by atoms with Crippen LogP contribution in [0.2, 0.25) is 10.0 Å². The molecule has 3 aromatic rings. The lowest BCUT2D eigenvalue weighted by molar-refractivity contribution is -0.117. The largest absolute Gasteiger partial charge is 0.506 e. The highest BCUT2D eigenvalue weighted by atomic mass is 35.5. The van der Waals surface area contributed by atoms with Crippen molar-refractivity contribution >= 4 is 46.8 Å². The van der Waals surface area contributed by atoms with Crippen LogP contribution in [0.3, 0.4) is 0 Å². The molecular weight excluding hydrogens is 419 g/mol. The normalized spacial score (nSPS) is 13.0. The molecule has 1 atom stereocenters. The number of aliphatic hydroxyl groups excluding tert-OH is 1. The maximum absolute atomic E-state index is 13.0. The molecule has 30 heavy (non-hydrogen) atoms. The Morgan fingerprint density at radius 3 is 2.27 bits per heavy atom. The first-order valence-corrected chi connectivity index (χ1v) is 10.0. The van der Waals surface area contributed by atoms with Gasteiger partial charge in [-0.15, -0.1) is 0 Å². The van der Waals surface area contributed by atoms with E-state index in [0.29, 0.717) is 21.3 Å². The highest BCUT2D eigenvalue weighted by Gasteiger charge is 2.19. The van der Waals surface area contributed by atoms with Gasteiger partial charge in [0.2, 0.25) is 0 Å². The van der Waals surface area contributed by atoms with Gasteiger partial charge in [0.1, 0.15) is 11.3 Å². The first-order valence-electron chi connectivity index (χ1n) is 9.29. The van der Waals surface area contributed by atoms with Gasteiger partial charge in [0.15, 0.2) is 0 Å². The minimum Gasteiger partial charge on any atom is -0.506 e. The van der Waals surface area contributed by atoms with Crippen molar-refractivity contribution in [3.05, 3.63) is 106 Å². The zero-order chi connectivity index (χ0) is 21.5. The Balaban J connectivity index is 1.96. The summed E-state index contributed by atoms with van der Waals surface area (Å²) in [6.07, 6.45) is 1.33. The van der Waals surface area contributed by atoms with Crippen LogP contribution in [0.1, 0.15) is 24.1 Å². The van der Waals surface area contributed by atoms with Gasteiger partial charge < -0.3 is 10.4 Å². The third kappa shape index (κ3) is 5.50. The third-order valence-corrected chi connectivity index (χ3v) is 5.03. The molecule has 3 rings (SSSR count). The number of carbonyl (C=O) groups is 1. The fourth-order valence-corrected chi connectivity index (χ4v) is 3.14. The van der Waals surface area contributed by atoms with E-state index in [9.17, 15) is 9.90 Å². The Hall–Kier alpha value is -3.08. The highest BCUT2D eigenvalue weighted by Crippen LogP contribution is 2.25. The molecule has 0 aromatic heterocycles. The molecule has 1 amide bonds. The van der Waals surface area contributed by atoms with Gasteiger partial charge in [0.05, 0.1) is 16.8 Å². The van der Waals surface area contributed by atoms with Gasteiger partial charge in [-0.05, 0) is 48.9 Å². The number of carbonyl (C=O) groups excluding carboxylic acids is 1. The molecule has 0 heterocycles. The predicted molar refractivity (Wildman–Crippen MR) is 124 cm³/mol. The Kier molecular flexibility index (Phi) is 7.28. The molecule has 0 aliphatic carbocycles. The zero-order valence-electron chi connectivity index (χ0n) is 16.2. The maximum Gasteiger partial charge on any atom is 0.257 e. The van der Waals surface area contributed by atoms with Crippen LogP contribution in [-0.4, -0.2) is 17.2 Å². The summed E-state index contributed by atoms with van der Waals surface area (Å²) >= 11 is 12.1. The minimum atomic E-state index is -0.471. The van der Waals surface area contributed by atoms with Crippen LogP contribution < -0.4 is 5.32 Å². The van der Waals surface area contributed by atoms with Gasteiger partial charge in [0, 0.05) is 16.8 Å². The van der Waals surface area contributed by atoms with E-state index in [2.05, 4.69) is 10.3 Å². The van der Waals surface area contributed by atoms with Crippen molar-refractivity contribution in [2.24, 2.45) is 4.99 Å². The number of nitrogens with one attached hydrogen (secondary N) is 1. The summed E-state index contributed by atoms with van der Waals surface area (Å²) in [6.45, 7) is 1.87. The van der Waals surface area contributed by atoms with Crippen molar-refractivity contribution < 1.29 is 9.90 Å². The molecule has 0 aliphatic heterocycles. The van der Waals surface area contributed by atoms with E-state index in [0.717, 1.165) is 5.56 Å². The molecule has 4 nitrogen and oxygen atoms in total. The zero-order valence-corrected chi connectivity index (χ0v) is 17.7. The van der Waals surface area contributed by atoms with E-state index in [1.807, 2.05) is 37.3 Å². The summed E-state index contributed by atoms with van der Waals surface area (Å²) in [5.41, 5.74) is 1.88. The molecule has 2 N–H and O–H groups in total. The van der Waals surface area contributed by atoms with E-state index in [1.165, 1.54) is 6.21 Å². The topological polar surface area (TPSA) is 61.7 Å². The van der Waals surface area contributed by atoms with Crippen LogP contribution in [-0.2, 0) is 4.79 Å². The molecule has 0 saturated heterocycles. The number of halogens is 2. The number of benzene rings is 3. The van der Waals surface area contributed by atoms with Crippen molar-refractivity contribution in [1.29, 1.82) is 0 Å². The quantitative estimate of drug-likeness (QED) is 0.260. The molecule has 3 aromatic carbocycles. The molecule has 0 radical (unpaired) electrons. The van der Waals surface area contributed by atoms with Gasteiger partial charge in [0.25, 0.3) is 5.91 Å². The first-order chi connectivity index (χ1) is 14.5. The van der Waals surface area contributed by atoms with Crippen LogP contribution in [0.15, 0.2) is 89.4 Å². The van der Waals surface area contributed by atoms with Crippen LogP contribution in [0.25, 0.3) is 5.76 Å². The Labute approximate surface area is 185 Å². The highest BCUT2D eigenvalue weighted by molar-refractivity contribution is 6.33. The molecule has 6 heteroatoms. The number of aliphatic hydroxyl groups is 1. The molecule has 152 valence electrons. The van der Waals surface area contributed by atoms with E-state index in [1.54, 1.807) is 48.5 Å². The Morgan fingerprint density at radius 2 is 1.60 bits per heavy atom. The van der Waals surface area contributed by atoms with Crippen LogP contribution in [0.5, 0.6) is 0 Å². The molecule has 0 saturated carbocycles. The lowest BCUT2D eigenvalue weighted by atomic mass is 10.1. The lowest BCUT2D eigenvalue weighted by Crippen LogP contribution is -2.29. The van der Waals surface area contributed by atoms with E-state index in [-0.39, 0.29) is 17.4 Å². The molecule has 1 unspecified atom stereocenters. The molecular formula is C24H20Cl2N2O2. The van der Waals surface area contributed by atoms with Crippen molar-refractivity contribution in [2.75, 3.05) is 0 Å². The smallest absolute Gasteiger partial charge is 0.257 e. The summed E-state index contributed by atoms with van der Waals surface area (Å²) in [4.78, 5) is 17.4. The second-order valence-electron chi connectivity index (χ2n) is 6.58. The second kappa shape index (κ2) is 10.1. The average molecular weight is 439 g/mol. The number of amides is 1. The van der Waals surface area contributed by atoms with Crippen molar-refractivity contribution in [1.82, 2.24) is 5.32 Å². The Bertz CT molecular complexity index is 1080. The predicted octanol–water partition coefficient (Wildman–Crippen LogP) is 6.54. The van der Waals surface area contributed by atoms with E-state index in [4.69, 9.17) is 23.2 Å². The van der Waals surface area contributed by atoms with Crippen molar-refractivity contribution in [2.45, 2.75) is 13.0 Å². The Morgan fingerprint density at radius 1 is 0.967 bits per heavy atom. The van der Waals surface area contributed by atoms with Gasteiger partial charge >= 0.3 is 0 Å². The average Bonchev–Trinajstić information content (AvgIpc) is 2.76. The standard InChI is InChI=1S/C24H20Cl2N2O2/c1-16(17-7-3-2-4-8-17)28-24(30)21(15-27-19-13-11-18(25)12-14-19)23(29)20-9-5-6-10-22(20)26/h2-16,29H,1H3,(H,28,30)/b23-21+,27-15?. The number of rotatable bonds is 6. The van der Waals surface area contributed by atoms with Gasteiger partial charge in [-0.1, -0.05) is 65.7 Å². The molecule has 0 fully saturated rings. The number of hydrogen-bond donors (Lipinski definition) is 2. The first kappa shape index (κ1) is 21.6. The number of nitrogens with zero attached hydrogens (tertiary/aromatic N) is 1. The maximum atomic E-state index is 13.0. The van der Waals surface area contributed by atoms with E-state index >= 15 is 0 Å². The summed E-state index contributed by atoms with van der Waals surface area (Å²) < 4.78 is 0. The summed E-state index contributed by atoms with van der Waals surface area (Å²) in [6, 6.07) is 22.9. The minimum absolute atomic E-state index is 0.000770. The number of aliphatic imine (C=N–C) groups is 1. The SMILES string of the molecule is CC(NC(=O)/C(C=Nc1ccc(Cl)cc1)=C(/O)c1ccccc1Cl)c1ccccc1. The summed E-state index contributed by atoms with van der Waals surface area (Å²) in [5.74, 6) is -0.724. The van der Waals surface area contributed by atoms with Gasteiger partial charge in [-0.2, -0.15) is 0 Å². The number of hydrogen-bond acceptors (Lipinski definition) is 3. The van der Waals surface area contributed by atoms with Crippen LogP contribution in [0, 0.1) is 0 Å². The fourth-order valence-electron chi connectivity index (χ4n) is 2.79. The summed E-state index contributed by atoms with van der Waals surface area (Å²) in [5, 5.41) is 14.7.